The number of hydrogen-bond donors (Lipinski definition) is 1. The number of benzene rings is 1. The first-order valence-electron chi connectivity index (χ1n) is 6.62. The molecule has 0 aliphatic rings. The normalized spacial score (nSPS) is 10.7. The number of anilines is 1. The number of nitrogens with one attached hydrogen (secondary N) is 1. The lowest BCUT2D eigenvalue weighted by Crippen LogP contribution is -2.14. The van der Waals surface area contributed by atoms with Gasteiger partial charge in [0, 0.05) is 18.1 Å². The van der Waals surface area contributed by atoms with E-state index in [0.717, 1.165) is 4.90 Å². The first kappa shape index (κ1) is 15.2. The number of halogens is 1. The molecule has 118 valence electrons. The maximum Gasteiger partial charge on any atom is 0.322 e. The van der Waals surface area contributed by atoms with Crippen LogP contribution in [0.15, 0.2) is 45.8 Å². The number of carbonyl (C=O) groups is 1. The molecule has 0 saturated carbocycles. The van der Waals surface area contributed by atoms with Crippen LogP contribution in [0.4, 0.5) is 10.4 Å². The number of amides is 1. The third-order valence-electron chi connectivity index (χ3n) is 2.79. The molecule has 0 aliphatic heterocycles. The molecular formula is C14H12FN5O2S. The van der Waals surface area contributed by atoms with E-state index in [1.807, 2.05) is 0 Å². The Bertz CT molecular complexity index is 815. The van der Waals surface area contributed by atoms with Crippen molar-refractivity contribution in [2.45, 2.75) is 4.90 Å². The quantitative estimate of drug-likeness (QED) is 0.721. The Hall–Kier alpha value is -2.68. The van der Waals surface area contributed by atoms with E-state index in [-0.39, 0.29) is 29.4 Å². The molecule has 0 radical (unpaired) electrons. The highest BCUT2D eigenvalue weighted by molar-refractivity contribution is 8.00. The number of hydrogen-bond acceptors (Lipinski definition) is 6. The highest BCUT2D eigenvalue weighted by Gasteiger charge is 2.13. The number of thioether (sulfide) groups is 1. The molecule has 0 atom stereocenters. The smallest absolute Gasteiger partial charge is 0.322 e. The van der Waals surface area contributed by atoms with Gasteiger partial charge in [-0.05, 0) is 30.3 Å². The minimum Gasteiger partial charge on any atom is -0.401 e. The molecule has 2 heterocycles. The van der Waals surface area contributed by atoms with E-state index in [1.54, 1.807) is 36.1 Å². The highest BCUT2D eigenvalue weighted by atomic mass is 32.2. The first-order valence-corrected chi connectivity index (χ1v) is 7.60. The lowest BCUT2D eigenvalue weighted by molar-refractivity contribution is -0.113. The van der Waals surface area contributed by atoms with Gasteiger partial charge in [-0.15, -0.1) is 16.9 Å². The van der Waals surface area contributed by atoms with Crippen LogP contribution in [-0.2, 0) is 11.8 Å². The average molecular weight is 333 g/mol. The number of aryl methyl sites for hydroxylation is 1. The molecule has 0 fully saturated rings. The molecule has 1 amide bonds. The summed E-state index contributed by atoms with van der Waals surface area (Å²) in [4.78, 5) is 12.6. The number of aromatic nitrogens is 4. The van der Waals surface area contributed by atoms with Crippen LogP contribution in [0.3, 0.4) is 0 Å². The second-order valence-corrected chi connectivity index (χ2v) is 5.63. The summed E-state index contributed by atoms with van der Waals surface area (Å²) in [6.07, 6.45) is 1.75. The van der Waals surface area contributed by atoms with Crippen molar-refractivity contribution >= 4 is 23.7 Å². The SMILES string of the molecule is Cn1ccc(-c2nnc(NC(=O)CSc3ccc(F)cc3)o2)n1. The van der Waals surface area contributed by atoms with Gasteiger partial charge in [0.25, 0.3) is 5.89 Å². The van der Waals surface area contributed by atoms with Crippen molar-refractivity contribution in [3.63, 3.8) is 0 Å². The zero-order valence-corrected chi connectivity index (χ0v) is 12.9. The topological polar surface area (TPSA) is 85.8 Å². The Labute approximate surface area is 134 Å². The summed E-state index contributed by atoms with van der Waals surface area (Å²) in [5, 5.41) is 14.2. The van der Waals surface area contributed by atoms with Gasteiger partial charge in [-0.1, -0.05) is 5.10 Å². The molecule has 3 aromatic rings. The van der Waals surface area contributed by atoms with Crippen LogP contribution in [0.25, 0.3) is 11.6 Å². The Morgan fingerprint density at radius 3 is 2.78 bits per heavy atom. The Kier molecular flexibility index (Phi) is 4.38. The van der Waals surface area contributed by atoms with Crippen LogP contribution in [0.2, 0.25) is 0 Å². The van der Waals surface area contributed by atoms with Crippen molar-refractivity contribution in [1.29, 1.82) is 0 Å². The summed E-state index contributed by atoms with van der Waals surface area (Å²) in [7, 11) is 1.77. The van der Waals surface area contributed by atoms with E-state index in [2.05, 4.69) is 20.6 Å². The molecule has 7 nitrogen and oxygen atoms in total. The van der Waals surface area contributed by atoms with Gasteiger partial charge in [0.1, 0.15) is 11.5 Å². The van der Waals surface area contributed by atoms with Gasteiger partial charge >= 0.3 is 6.01 Å². The Morgan fingerprint density at radius 1 is 1.30 bits per heavy atom. The third kappa shape index (κ3) is 3.95. The molecule has 23 heavy (non-hydrogen) atoms. The summed E-state index contributed by atoms with van der Waals surface area (Å²) in [5.41, 5.74) is 0.529. The molecular weight excluding hydrogens is 321 g/mol. The van der Waals surface area contributed by atoms with Crippen molar-refractivity contribution < 1.29 is 13.6 Å². The fourth-order valence-corrected chi connectivity index (χ4v) is 2.44. The van der Waals surface area contributed by atoms with Crippen molar-refractivity contribution in [2.24, 2.45) is 7.05 Å². The molecule has 9 heteroatoms. The minimum absolute atomic E-state index is 0.00959. The van der Waals surface area contributed by atoms with Crippen LogP contribution in [0.1, 0.15) is 0 Å². The molecule has 0 aliphatic carbocycles. The van der Waals surface area contributed by atoms with Crippen LogP contribution in [-0.4, -0.2) is 31.6 Å². The van der Waals surface area contributed by atoms with Gasteiger partial charge < -0.3 is 4.42 Å². The van der Waals surface area contributed by atoms with E-state index in [0.29, 0.717) is 5.69 Å². The zero-order valence-electron chi connectivity index (χ0n) is 12.1. The number of nitrogens with zero attached hydrogens (tertiary/aromatic N) is 4. The van der Waals surface area contributed by atoms with Gasteiger partial charge in [-0.25, -0.2) is 4.39 Å². The van der Waals surface area contributed by atoms with E-state index >= 15 is 0 Å². The van der Waals surface area contributed by atoms with Crippen LogP contribution < -0.4 is 5.32 Å². The minimum atomic E-state index is -0.313. The molecule has 0 bridgehead atoms. The fraction of sp³-hybridized carbons (Fsp3) is 0.143. The first-order chi connectivity index (χ1) is 11.1. The lowest BCUT2D eigenvalue weighted by Gasteiger charge is -2.01. The van der Waals surface area contributed by atoms with Crippen LogP contribution >= 0.6 is 11.8 Å². The van der Waals surface area contributed by atoms with Crippen molar-refractivity contribution in [3.05, 3.63) is 42.3 Å². The van der Waals surface area contributed by atoms with Crippen LogP contribution in [0, 0.1) is 5.82 Å². The summed E-state index contributed by atoms with van der Waals surface area (Å²) >= 11 is 1.28. The molecule has 0 spiro atoms. The fourth-order valence-electron chi connectivity index (χ4n) is 1.74. The Balaban J connectivity index is 1.56. The van der Waals surface area contributed by atoms with Gasteiger partial charge in [0.15, 0.2) is 0 Å². The molecule has 3 rings (SSSR count). The molecule has 0 saturated heterocycles. The van der Waals surface area contributed by atoms with Crippen molar-refractivity contribution in [2.75, 3.05) is 11.1 Å². The highest BCUT2D eigenvalue weighted by Crippen LogP contribution is 2.20. The molecule has 1 aromatic carbocycles. The Morgan fingerprint density at radius 2 is 2.09 bits per heavy atom. The standard InChI is InChI=1S/C14H12FN5O2S/c1-20-7-6-11(19-20)13-17-18-14(22-13)16-12(21)8-23-10-4-2-9(15)3-5-10/h2-7H,8H2,1H3,(H,16,18,21). The summed E-state index contributed by atoms with van der Waals surface area (Å²) in [6.45, 7) is 0. The largest absolute Gasteiger partial charge is 0.401 e. The summed E-state index contributed by atoms with van der Waals surface area (Å²) in [5.74, 6) is -0.234. The summed E-state index contributed by atoms with van der Waals surface area (Å²) in [6, 6.07) is 7.65. The molecule has 2 aromatic heterocycles. The van der Waals surface area contributed by atoms with E-state index in [4.69, 9.17) is 4.42 Å². The zero-order chi connectivity index (χ0) is 16.2. The monoisotopic (exact) mass is 333 g/mol. The number of carbonyl (C=O) groups excluding carboxylic acids is 1. The second kappa shape index (κ2) is 6.61. The van der Waals surface area contributed by atoms with Gasteiger partial charge in [0.2, 0.25) is 5.91 Å². The predicted octanol–water partition coefficient (Wildman–Crippen LogP) is 2.34. The maximum absolute atomic E-state index is 12.8. The van der Waals surface area contributed by atoms with Gasteiger partial charge in [-0.3, -0.25) is 14.8 Å². The van der Waals surface area contributed by atoms with Crippen LogP contribution in [0.5, 0.6) is 0 Å². The van der Waals surface area contributed by atoms with E-state index < -0.39 is 0 Å². The van der Waals surface area contributed by atoms with E-state index in [9.17, 15) is 9.18 Å². The summed E-state index contributed by atoms with van der Waals surface area (Å²) < 4.78 is 19.7. The molecule has 0 unspecified atom stereocenters. The third-order valence-corrected chi connectivity index (χ3v) is 3.80. The van der Waals surface area contributed by atoms with Crippen molar-refractivity contribution in [3.8, 4) is 11.6 Å². The van der Waals surface area contributed by atoms with Gasteiger partial charge in [-0.2, -0.15) is 5.10 Å². The average Bonchev–Trinajstić information content (AvgIpc) is 3.16. The predicted molar refractivity (Wildman–Crippen MR) is 82.3 cm³/mol. The maximum atomic E-state index is 12.8. The van der Waals surface area contributed by atoms with Crippen molar-refractivity contribution in [1.82, 2.24) is 20.0 Å². The number of rotatable bonds is 5. The molecule has 1 N–H and O–H groups in total. The second-order valence-electron chi connectivity index (χ2n) is 4.58. The van der Waals surface area contributed by atoms with Gasteiger partial charge in [0.05, 0.1) is 5.75 Å². The van der Waals surface area contributed by atoms with E-state index in [1.165, 1.54) is 23.9 Å². The lowest BCUT2D eigenvalue weighted by atomic mass is 10.4.